The number of nitriles is 1. The number of aromatic amines is 1. The summed E-state index contributed by atoms with van der Waals surface area (Å²) in [6.45, 7) is 11.4. The molecule has 0 atom stereocenters. The van der Waals surface area contributed by atoms with Gasteiger partial charge in [0.05, 0.1) is 17.2 Å². The molecule has 0 radical (unpaired) electrons. The Morgan fingerprint density at radius 3 is 2.48 bits per heavy atom. The van der Waals surface area contributed by atoms with E-state index in [1.807, 2.05) is 50.3 Å². The monoisotopic (exact) mass is 364 g/mol. The van der Waals surface area contributed by atoms with Gasteiger partial charge in [-0.2, -0.15) is 5.26 Å². The number of hydrogen-bond donors (Lipinski definition) is 2. The van der Waals surface area contributed by atoms with Crippen molar-refractivity contribution in [1.82, 2.24) is 15.2 Å². The molecule has 2 rings (SSSR count). The zero-order chi connectivity index (χ0) is 19.8. The number of nitrogens with one attached hydrogen (secondary N) is 2. The summed E-state index contributed by atoms with van der Waals surface area (Å²) >= 11 is 0. The summed E-state index contributed by atoms with van der Waals surface area (Å²) in [5, 5.41) is 12.5. The Morgan fingerprint density at radius 1 is 1.22 bits per heavy atom. The van der Waals surface area contributed by atoms with Crippen molar-refractivity contribution >= 4 is 17.6 Å². The molecule has 0 unspecified atom stereocenters. The van der Waals surface area contributed by atoms with Crippen LogP contribution in [-0.2, 0) is 0 Å². The van der Waals surface area contributed by atoms with Gasteiger partial charge in [0.25, 0.3) is 5.91 Å². The number of H-pyrrole nitrogens is 1. The standard InChI is InChI=1S/C22H28N4O/c1-5-26(6-2)13-12-24-22(27)21-16(3)20(25-17(21)4)14-19(15-23)18-10-8-7-9-11-18/h7-11,14,25H,5-6,12-13H2,1-4H3,(H,24,27)/b19-14+. The molecule has 1 heterocycles. The van der Waals surface area contributed by atoms with E-state index < -0.39 is 0 Å². The highest BCUT2D eigenvalue weighted by molar-refractivity contribution is 5.99. The van der Waals surface area contributed by atoms with E-state index in [4.69, 9.17) is 0 Å². The molecule has 5 nitrogen and oxygen atoms in total. The zero-order valence-corrected chi connectivity index (χ0v) is 16.6. The van der Waals surface area contributed by atoms with Crippen LogP contribution >= 0.6 is 0 Å². The molecule has 0 aliphatic carbocycles. The van der Waals surface area contributed by atoms with Crippen molar-refractivity contribution in [3.63, 3.8) is 0 Å². The lowest BCUT2D eigenvalue weighted by Gasteiger charge is -2.18. The van der Waals surface area contributed by atoms with Gasteiger partial charge in [0, 0.05) is 24.5 Å². The van der Waals surface area contributed by atoms with Gasteiger partial charge in [-0.15, -0.1) is 0 Å². The van der Waals surface area contributed by atoms with Gasteiger partial charge in [0.2, 0.25) is 0 Å². The Morgan fingerprint density at radius 2 is 1.89 bits per heavy atom. The average molecular weight is 364 g/mol. The molecule has 1 aromatic heterocycles. The molecule has 0 aliphatic rings. The maximum absolute atomic E-state index is 12.6. The van der Waals surface area contributed by atoms with Crippen molar-refractivity contribution in [2.75, 3.05) is 26.2 Å². The molecule has 0 fully saturated rings. The number of benzene rings is 1. The van der Waals surface area contributed by atoms with E-state index in [9.17, 15) is 10.1 Å². The number of carbonyl (C=O) groups is 1. The van der Waals surface area contributed by atoms with Crippen LogP contribution in [0.2, 0.25) is 0 Å². The normalized spacial score (nSPS) is 11.5. The third-order valence-corrected chi connectivity index (χ3v) is 4.81. The second-order valence-electron chi connectivity index (χ2n) is 6.48. The van der Waals surface area contributed by atoms with Crippen molar-refractivity contribution in [1.29, 1.82) is 5.26 Å². The van der Waals surface area contributed by atoms with E-state index >= 15 is 0 Å². The summed E-state index contributed by atoms with van der Waals surface area (Å²) in [5.41, 5.74) is 4.54. The van der Waals surface area contributed by atoms with E-state index in [0.717, 1.165) is 42.1 Å². The maximum Gasteiger partial charge on any atom is 0.253 e. The lowest BCUT2D eigenvalue weighted by atomic mass is 10.0. The van der Waals surface area contributed by atoms with Gasteiger partial charge in [0.1, 0.15) is 0 Å². The number of amides is 1. The van der Waals surface area contributed by atoms with Crippen molar-refractivity contribution in [2.24, 2.45) is 0 Å². The fraction of sp³-hybridized carbons (Fsp3) is 0.364. The number of hydrogen-bond acceptors (Lipinski definition) is 3. The molecule has 27 heavy (non-hydrogen) atoms. The molecule has 142 valence electrons. The van der Waals surface area contributed by atoms with Crippen molar-refractivity contribution < 1.29 is 4.79 Å². The van der Waals surface area contributed by atoms with Crippen LogP contribution < -0.4 is 5.32 Å². The largest absolute Gasteiger partial charge is 0.358 e. The molecular weight excluding hydrogens is 336 g/mol. The van der Waals surface area contributed by atoms with Gasteiger partial charge in [-0.25, -0.2) is 0 Å². The van der Waals surface area contributed by atoms with Crippen LogP contribution in [0, 0.1) is 25.2 Å². The smallest absolute Gasteiger partial charge is 0.253 e. The van der Waals surface area contributed by atoms with Gasteiger partial charge >= 0.3 is 0 Å². The fourth-order valence-corrected chi connectivity index (χ4v) is 3.16. The minimum Gasteiger partial charge on any atom is -0.358 e. The quantitative estimate of drug-likeness (QED) is 0.701. The van der Waals surface area contributed by atoms with Gasteiger partial charge in [-0.3, -0.25) is 4.79 Å². The Hall–Kier alpha value is -2.84. The first-order valence-electron chi connectivity index (χ1n) is 9.38. The Kier molecular flexibility index (Phi) is 7.39. The second-order valence-corrected chi connectivity index (χ2v) is 6.48. The van der Waals surface area contributed by atoms with Crippen LogP contribution in [0.5, 0.6) is 0 Å². The summed E-state index contributed by atoms with van der Waals surface area (Å²) in [6.07, 6.45) is 1.81. The molecule has 0 saturated carbocycles. The molecule has 5 heteroatoms. The minimum atomic E-state index is -0.0775. The van der Waals surface area contributed by atoms with Crippen LogP contribution in [-0.4, -0.2) is 42.0 Å². The molecule has 2 N–H and O–H groups in total. The topological polar surface area (TPSA) is 71.9 Å². The summed E-state index contributed by atoms with van der Waals surface area (Å²) in [7, 11) is 0. The number of aromatic nitrogens is 1. The highest BCUT2D eigenvalue weighted by atomic mass is 16.1. The van der Waals surface area contributed by atoms with Crippen molar-refractivity contribution in [3.05, 3.63) is 58.4 Å². The summed E-state index contributed by atoms with van der Waals surface area (Å²) in [6, 6.07) is 11.8. The number of rotatable bonds is 8. The Labute approximate surface area is 161 Å². The van der Waals surface area contributed by atoms with Crippen LogP contribution in [0.1, 0.15) is 46.7 Å². The molecule has 0 spiro atoms. The highest BCUT2D eigenvalue weighted by Crippen LogP contribution is 2.23. The number of allylic oxidation sites excluding steroid dienone is 1. The molecular formula is C22H28N4O. The van der Waals surface area contributed by atoms with Gasteiger partial charge in [-0.05, 0) is 44.1 Å². The van der Waals surface area contributed by atoms with Crippen LogP contribution in [0.25, 0.3) is 11.6 Å². The molecule has 1 aromatic carbocycles. The number of likely N-dealkylation sites (N-methyl/N-ethyl adjacent to an activating group) is 1. The number of aryl methyl sites for hydroxylation is 1. The van der Waals surface area contributed by atoms with Crippen molar-refractivity contribution in [3.8, 4) is 6.07 Å². The van der Waals surface area contributed by atoms with E-state index in [1.54, 1.807) is 0 Å². The van der Waals surface area contributed by atoms with E-state index in [0.29, 0.717) is 17.7 Å². The summed E-state index contributed by atoms with van der Waals surface area (Å²) < 4.78 is 0. The molecule has 1 amide bonds. The fourth-order valence-electron chi connectivity index (χ4n) is 3.16. The molecule has 2 aromatic rings. The second kappa shape index (κ2) is 9.75. The van der Waals surface area contributed by atoms with Crippen LogP contribution in [0.3, 0.4) is 0 Å². The average Bonchev–Trinajstić information content (AvgIpc) is 2.97. The molecule has 0 bridgehead atoms. The molecule has 0 aliphatic heterocycles. The zero-order valence-electron chi connectivity index (χ0n) is 16.6. The van der Waals surface area contributed by atoms with Gasteiger partial charge in [-0.1, -0.05) is 44.2 Å². The minimum absolute atomic E-state index is 0.0775. The third-order valence-electron chi connectivity index (χ3n) is 4.81. The lowest BCUT2D eigenvalue weighted by molar-refractivity contribution is 0.0948. The predicted octanol–water partition coefficient (Wildman–Crippen LogP) is 3.77. The predicted molar refractivity (Wildman–Crippen MR) is 110 cm³/mol. The Bertz CT molecular complexity index is 839. The van der Waals surface area contributed by atoms with Crippen LogP contribution in [0.4, 0.5) is 0 Å². The van der Waals surface area contributed by atoms with Gasteiger partial charge in [0.15, 0.2) is 0 Å². The third kappa shape index (κ3) is 5.08. The van der Waals surface area contributed by atoms with E-state index in [1.165, 1.54) is 0 Å². The highest BCUT2D eigenvalue weighted by Gasteiger charge is 2.17. The number of carbonyl (C=O) groups excluding carboxylic acids is 1. The summed E-state index contributed by atoms with van der Waals surface area (Å²) in [4.78, 5) is 18.2. The maximum atomic E-state index is 12.6. The first-order chi connectivity index (χ1) is 13.0. The van der Waals surface area contributed by atoms with Gasteiger partial charge < -0.3 is 15.2 Å². The first-order valence-corrected chi connectivity index (χ1v) is 9.38. The lowest BCUT2D eigenvalue weighted by Crippen LogP contribution is -2.35. The molecule has 0 saturated heterocycles. The Balaban J connectivity index is 2.20. The van der Waals surface area contributed by atoms with Crippen molar-refractivity contribution in [2.45, 2.75) is 27.7 Å². The van der Waals surface area contributed by atoms with E-state index in [-0.39, 0.29) is 5.91 Å². The SMILES string of the molecule is CCN(CC)CCNC(=O)c1c(C)[nH]c(/C=C(\C#N)c2ccccc2)c1C. The first kappa shape index (κ1) is 20.5. The van der Waals surface area contributed by atoms with E-state index in [2.05, 4.69) is 35.1 Å². The van der Waals surface area contributed by atoms with Crippen LogP contribution in [0.15, 0.2) is 30.3 Å². The summed E-state index contributed by atoms with van der Waals surface area (Å²) in [5.74, 6) is -0.0775. The number of nitrogens with zero attached hydrogens (tertiary/aromatic N) is 2.